The van der Waals surface area contributed by atoms with Gasteiger partial charge in [-0.2, -0.15) is 0 Å². The Balaban J connectivity index is 0.00000196. The average Bonchev–Trinajstić information content (AvgIpc) is 2.20. The largest absolute Gasteiger partial charge is 0.350 e. The van der Waals surface area contributed by atoms with Crippen LogP contribution in [-0.4, -0.2) is 66.1 Å². The van der Waals surface area contributed by atoms with Gasteiger partial charge in [0.25, 0.3) is 0 Å². The van der Waals surface area contributed by atoms with Crippen LogP contribution in [0.1, 0.15) is 13.8 Å². The first-order valence-corrected chi connectivity index (χ1v) is 5.82. The van der Waals surface area contributed by atoms with Crippen molar-refractivity contribution in [2.75, 3.05) is 46.3 Å². The third kappa shape index (κ3) is 4.13. The quantitative estimate of drug-likeness (QED) is 0.684. The Bertz CT molecular complexity index is 189. The predicted octanol–water partition coefficient (Wildman–Crippen LogP) is 1.28. The Labute approximate surface area is 105 Å². The molecule has 0 radical (unpaired) electrons. The Morgan fingerprint density at radius 2 is 1.60 bits per heavy atom. The molecule has 3 nitrogen and oxygen atoms in total. The van der Waals surface area contributed by atoms with E-state index in [4.69, 9.17) is 12.2 Å². The lowest BCUT2D eigenvalue weighted by molar-refractivity contribution is 0.202. The van der Waals surface area contributed by atoms with Crippen molar-refractivity contribution in [1.29, 1.82) is 0 Å². The molecule has 0 aromatic carbocycles. The molecule has 0 atom stereocenters. The summed E-state index contributed by atoms with van der Waals surface area (Å²) in [6.45, 7) is 10.8. The van der Waals surface area contributed by atoms with E-state index < -0.39 is 0 Å². The number of halogens is 1. The van der Waals surface area contributed by atoms with Gasteiger partial charge in [-0.1, -0.05) is 0 Å². The number of hydrogen-bond donors (Lipinski definition) is 0. The van der Waals surface area contributed by atoms with Crippen molar-refractivity contribution in [3.05, 3.63) is 0 Å². The summed E-state index contributed by atoms with van der Waals surface area (Å²) in [5.74, 6) is 0. The molecular formula is C10H22ClN3S. The molecule has 1 aliphatic rings. The molecule has 90 valence electrons. The molecule has 0 unspecified atom stereocenters. The van der Waals surface area contributed by atoms with Crippen molar-refractivity contribution in [1.82, 2.24) is 14.7 Å². The van der Waals surface area contributed by atoms with Gasteiger partial charge in [0.15, 0.2) is 5.11 Å². The normalized spacial score (nSPS) is 17.1. The van der Waals surface area contributed by atoms with Crippen LogP contribution in [0.5, 0.6) is 0 Å². The molecule has 1 heterocycles. The standard InChI is InChI=1S/C10H21N3S.ClH/c1-4-12(5-2)10(14)13-8-6-11(3)7-9-13;/h4-9H2,1-3H3;1H. The van der Waals surface area contributed by atoms with Crippen molar-refractivity contribution in [3.8, 4) is 0 Å². The van der Waals surface area contributed by atoms with Crippen LogP contribution >= 0.6 is 24.6 Å². The van der Waals surface area contributed by atoms with Gasteiger partial charge in [0.2, 0.25) is 0 Å². The lowest BCUT2D eigenvalue weighted by atomic mass is 10.3. The summed E-state index contributed by atoms with van der Waals surface area (Å²) < 4.78 is 0. The summed E-state index contributed by atoms with van der Waals surface area (Å²) in [5, 5.41) is 1.03. The van der Waals surface area contributed by atoms with E-state index in [1.807, 2.05) is 0 Å². The van der Waals surface area contributed by atoms with E-state index in [1.165, 1.54) is 0 Å². The molecule has 0 N–H and O–H groups in total. The first-order valence-electron chi connectivity index (χ1n) is 5.41. The summed E-state index contributed by atoms with van der Waals surface area (Å²) in [6.07, 6.45) is 0. The van der Waals surface area contributed by atoms with Crippen LogP contribution in [0.2, 0.25) is 0 Å². The summed E-state index contributed by atoms with van der Waals surface area (Å²) in [5.41, 5.74) is 0. The zero-order valence-corrected chi connectivity index (χ0v) is 11.5. The van der Waals surface area contributed by atoms with Crippen LogP contribution in [0.25, 0.3) is 0 Å². The maximum atomic E-state index is 5.47. The molecule has 5 heteroatoms. The average molecular weight is 252 g/mol. The number of likely N-dealkylation sites (N-methyl/N-ethyl adjacent to an activating group) is 1. The smallest absolute Gasteiger partial charge is 0.171 e. The lowest BCUT2D eigenvalue weighted by Crippen LogP contribution is -2.51. The van der Waals surface area contributed by atoms with Crippen LogP contribution < -0.4 is 0 Å². The van der Waals surface area contributed by atoms with E-state index in [0.717, 1.165) is 44.4 Å². The molecule has 1 rings (SSSR count). The van der Waals surface area contributed by atoms with Crippen molar-refractivity contribution in [2.45, 2.75) is 13.8 Å². The highest BCUT2D eigenvalue weighted by Gasteiger charge is 2.18. The van der Waals surface area contributed by atoms with Gasteiger partial charge in [-0.3, -0.25) is 0 Å². The van der Waals surface area contributed by atoms with Crippen LogP contribution in [0.15, 0.2) is 0 Å². The molecule has 1 saturated heterocycles. The van der Waals surface area contributed by atoms with Gasteiger partial charge in [-0.25, -0.2) is 0 Å². The summed E-state index contributed by atoms with van der Waals surface area (Å²) in [4.78, 5) is 6.92. The number of nitrogens with zero attached hydrogens (tertiary/aromatic N) is 3. The van der Waals surface area contributed by atoms with Gasteiger partial charge in [0.1, 0.15) is 0 Å². The molecule has 1 fully saturated rings. The van der Waals surface area contributed by atoms with Gasteiger partial charge in [0, 0.05) is 39.3 Å². The second-order valence-electron chi connectivity index (χ2n) is 3.75. The molecule has 0 bridgehead atoms. The van der Waals surface area contributed by atoms with E-state index in [-0.39, 0.29) is 12.4 Å². The van der Waals surface area contributed by atoms with Gasteiger partial charge in [0.05, 0.1) is 0 Å². The summed E-state index contributed by atoms with van der Waals surface area (Å²) >= 11 is 5.47. The second-order valence-corrected chi connectivity index (χ2v) is 4.11. The second kappa shape index (κ2) is 7.25. The molecule has 0 aromatic rings. The minimum absolute atomic E-state index is 0. The Hall–Kier alpha value is -0.0600. The topological polar surface area (TPSA) is 9.72 Å². The minimum atomic E-state index is 0. The predicted molar refractivity (Wildman–Crippen MR) is 71.8 cm³/mol. The Kier molecular flexibility index (Phi) is 7.22. The van der Waals surface area contributed by atoms with Gasteiger partial charge < -0.3 is 14.7 Å². The van der Waals surface area contributed by atoms with E-state index >= 15 is 0 Å². The van der Waals surface area contributed by atoms with Gasteiger partial charge in [-0.15, -0.1) is 12.4 Å². The van der Waals surface area contributed by atoms with Crippen molar-refractivity contribution in [3.63, 3.8) is 0 Å². The third-order valence-electron chi connectivity index (χ3n) is 2.81. The number of thiocarbonyl (C=S) groups is 1. The summed E-state index contributed by atoms with van der Waals surface area (Å²) in [6, 6.07) is 0. The maximum Gasteiger partial charge on any atom is 0.171 e. The molecule has 0 aromatic heterocycles. The molecular weight excluding hydrogens is 230 g/mol. The van der Waals surface area contributed by atoms with E-state index in [0.29, 0.717) is 0 Å². The van der Waals surface area contributed by atoms with Crippen molar-refractivity contribution < 1.29 is 0 Å². The highest BCUT2D eigenvalue weighted by atomic mass is 35.5. The van der Waals surface area contributed by atoms with Crippen LogP contribution in [-0.2, 0) is 0 Å². The number of piperazine rings is 1. The molecule has 0 spiro atoms. The summed E-state index contributed by atoms with van der Waals surface area (Å²) in [7, 11) is 2.16. The fraction of sp³-hybridized carbons (Fsp3) is 0.900. The zero-order chi connectivity index (χ0) is 10.6. The lowest BCUT2D eigenvalue weighted by Gasteiger charge is -2.37. The van der Waals surface area contributed by atoms with Crippen LogP contribution in [0, 0.1) is 0 Å². The first kappa shape index (κ1) is 14.9. The molecule has 15 heavy (non-hydrogen) atoms. The van der Waals surface area contributed by atoms with Crippen molar-refractivity contribution >= 4 is 29.7 Å². The zero-order valence-electron chi connectivity index (χ0n) is 9.90. The SMILES string of the molecule is CCN(CC)C(=S)N1CCN(C)CC1.Cl. The maximum absolute atomic E-state index is 5.47. The molecule has 0 aliphatic carbocycles. The van der Waals surface area contributed by atoms with Crippen LogP contribution in [0.4, 0.5) is 0 Å². The fourth-order valence-electron chi connectivity index (χ4n) is 1.69. The van der Waals surface area contributed by atoms with Gasteiger partial charge >= 0.3 is 0 Å². The molecule has 0 amide bonds. The molecule has 1 aliphatic heterocycles. The number of rotatable bonds is 2. The highest BCUT2D eigenvalue weighted by Crippen LogP contribution is 2.04. The molecule has 0 saturated carbocycles. The van der Waals surface area contributed by atoms with Crippen LogP contribution in [0.3, 0.4) is 0 Å². The van der Waals surface area contributed by atoms with E-state index in [2.05, 4.69) is 35.6 Å². The van der Waals surface area contributed by atoms with E-state index in [1.54, 1.807) is 0 Å². The number of hydrogen-bond acceptors (Lipinski definition) is 2. The highest BCUT2D eigenvalue weighted by molar-refractivity contribution is 7.80. The van der Waals surface area contributed by atoms with Gasteiger partial charge in [-0.05, 0) is 33.1 Å². The fourth-order valence-corrected chi connectivity index (χ4v) is 2.13. The van der Waals surface area contributed by atoms with E-state index in [9.17, 15) is 0 Å². The Morgan fingerprint density at radius 3 is 2.00 bits per heavy atom. The Morgan fingerprint density at radius 1 is 1.13 bits per heavy atom. The minimum Gasteiger partial charge on any atom is -0.350 e. The third-order valence-corrected chi connectivity index (χ3v) is 3.32. The monoisotopic (exact) mass is 251 g/mol. The first-order chi connectivity index (χ1) is 6.69. The van der Waals surface area contributed by atoms with Crippen molar-refractivity contribution in [2.24, 2.45) is 0 Å².